The molecule has 0 spiro atoms. The molecule has 0 amide bonds. The van der Waals surface area contributed by atoms with Crippen LogP contribution in [0.15, 0.2) is 17.4 Å². The minimum atomic E-state index is -0.232. The fraction of sp³-hybridized carbons (Fsp3) is 0.364. The summed E-state index contributed by atoms with van der Waals surface area (Å²) in [6.45, 7) is 9.68. The fourth-order valence-electron chi connectivity index (χ4n) is 1.51. The molecule has 0 saturated heterocycles. The number of fused-ring (bicyclic) bond motifs is 1. The van der Waals surface area contributed by atoms with Gasteiger partial charge in [-0.05, 0) is 18.6 Å². The zero-order chi connectivity index (χ0) is 11.9. The molecule has 0 aliphatic carbocycles. The van der Waals surface area contributed by atoms with E-state index in [0.29, 0.717) is 5.52 Å². The summed E-state index contributed by atoms with van der Waals surface area (Å²) in [6, 6.07) is 1.73. The molecule has 0 bridgehead atoms. The molecule has 0 saturated carbocycles. The molecule has 2 rings (SSSR count). The largest absolute Gasteiger partial charge is 0.290 e. The molecule has 2 heterocycles. The lowest BCUT2D eigenvalue weighted by molar-refractivity contribution is 0.675. The number of H-pyrrole nitrogens is 1. The first-order valence-corrected chi connectivity index (χ1v) is 5.15. The Labute approximate surface area is 92.8 Å². The zero-order valence-electron chi connectivity index (χ0n) is 9.61. The summed E-state index contributed by atoms with van der Waals surface area (Å²) in [4.78, 5) is 11.6. The molecule has 0 unspecified atom stereocenters. The summed E-state index contributed by atoms with van der Waals surface area (Å²) in [5.74, 6) is 0.930. The third-order valence-corrected chi connectivity index (χ3v) is 2.38. The molecule has 84 valence electrons. The van der Waals surface area contributed by atoms with Crippen molar-refractivity contribution in [1.29, 1.82) is 0 Å². The maximum atomic E-state index is 11.6. The molecule has 16 heavy (non-hydrogen) atoms. The van der Waals surface area contributed by atoms with Crippen LogP contribution in [0.1, 0.15) is 38.2 Å². The summed E-state index contributed by atoms with van der Waals surface area (Å²) < 4.78 is 1.59. The van der Waals surface area contributed by atoms with Crippen molar-refractivity contribution >= 4 is 11.1 Å². The molecule has 5 nitrogen and oxygen atoms in total. The zero-order valence-corrected chi connectivity index (χ0v) is 9.61. The Morgan fingerprint density at radius 3 is 2.81 bits per heavy atom. The summed E-state index contributed by atoms with van der Waals surface area (Å²) in [6.07, 6.45) is 0. The Kier molecular flexibility index (Phi) is 2.38. The topological polar surface area (TPSA) is 63.0 Å². The van der Waals surface area contributed by atoms with E-state index in [-0.39, 0.29) is 11.5 Å². The van der Waals surface area contributed by atoms with Crippen molar-refractivity contribution in [3.63, 3.8) is 0 Å². The number of aromatic nitrogens is 4. The van der Waals surface area contributed by atoms with Crippen molar-refractivity contribution < 1.29 is 0 Å². The average molecular weight is 218 g/mol. The second-order valence-corrected chi connectivity index (χ2v) is 4.17. The van der Waals surface area contributed by atoms with Crippen molar-refractivity contribution in [2.24, 2.45) is 0 Å². The third-order valence-electron chi connectivity index (χ3n) is 2.38. The number of hydrogen-bond acceptors (Lipinski definition) is 3. The number of aromatic amines is 1. The van der Waals surface area contributed by atoms with E-state index in [0.717, 1.165) is 17.1 Å². The number of nitrogens with zero attached hydrogens (tertiary/aromatic N) is 3. The number of rotatable bonds is 2. The van der Waals surface area contributed by atoms with E-state index in [2.05, 4.69) is 21.9 Å². The van der Waals surface area contributed by atoms with Gasteiger partial charge in [0.05, 0.1) is 5.69 Å². The van der Waals surface area contributed by atoms with E-state index in [1.54, 1.807) is 10.6 Å². The molecule has 0 atom stereocenters. The minimum Gasteiger partial charge on any atom is -0.266 e. The first kappa shape index (κ1) is 10.6. The molecule has 0 aromatic carbocycles. The second kappa shape index (κ2) is 3.59. The summed E-state index contributed by atoms with van der Waals surface area (Å²) >= 11 is 0. The molecule has 0 aliphatic rings. The van der Waals surface area contributed by atoms with E-state index in [1.165, 1.54) is 0 Å². The van der Waals surface area contributed by atoms with Crippen molar-refractivity contribution in [2.75, 3.05) is 0 Å². The van der Waals surface area contributed by atoms with Crippen LogP contribution in [0.3, 0.4) is 0 Å². The lowest BCUT2D eigenvalue weighted by atomic mass is 10.2. The molecular weight excluding hydrogens is 204 g/mol. The third kappa shape index (κ3) is 1.54. The van der Waals surface area contributed by atoms with Gasteiger partial charge in [0.2, 0.25) is 0 Å². The van der Waals surface area contributed by atoms with Gasteiger partial charge in [0.15, 0.2) is 5.82 Å². The van der Waals surface area contributed by atoms with Gasteiger partial charge in [-0.3, -0.25) is 4.79 Å². The van der Waals surface area contributed by atoms with Crippen LogP contribution in [-0.2, 0) is 0 Å². The second-order valence-electron chi connectivity index (χ2n) is 4.17. The van der Waals surface area contributed by atoms with Gasteiger partial charge >= 0.3 is 0 Å². The predicted octanol–water partition coefficient (Wildman–Crippen LogP) is 1.57. The van der Waals surface area contributed by atoms with Gasteiger partial charge < -0.3 is 0 Å². The monoisotopic (exact) mass is 218 g/mol. The molecule has 5 heteroatoms. The maximum Gasteiger partial charge on any atom is 0.290 e. The molecule has 2 aromatic rings. The highest BCUT2D eigenvalue weighted by Crippen LogP contribution is 2.15. The highest BCUT2D eigenvalue weighted by molar-refractivity contribution is 5.63. The Hall–Kier alpha value is -1.91. The quantitative estimate of drug-likeness (QED) is 0.832. The molecular formula is C11H14N4O. The predicted molar refractivity (Wildman–Crippen MR) is 62.4 cm³/mol. The Morgan fingerprint density at radius 2 is 2.25 bits per heavy atom. The highest BCUT2D eigenvalue weighted by Gasteiger charge is 2.12. The van der Waals surface area contributed by atoms with Gasteiger partial charge in [-0.25, -0.2) is 9.61 Å². The van der Waals surface area contributed by atoms with E-state index < -0.39 is 0 Å². The van der Waals surface area contributed by atoms with Gasteiger partial charge in [-0.2, -0.15) is 10.2 Å². The lowest BCUT2D eigenvalue weighted by Crippen LogP contribution is -2.17. The number of allylic oxidation sites excluding steroid dienone is 1. The Morgan fingerprint density at radius 1 is 1.56 bits per heavy atom. The Bertz CT molecular complexity index is 606. The van der Waals surface area contributed by atoms with Crippen LogP contribution in [0, 0.1) is 0 Å². The van der Waals surface area contributed by atoms with Crippen molar-refractivity contribution in [3.8, 4) is 0 Å². The molecule has 0 aliphatic heterocycles. The smallest absolute Gasteiger partial charge is 0.266 e. The van der Waals surface area contributed by atoms with Gasteiger partial charge in [-0.15, -0.1) is 0 Å². The normalized spacial score (nSPS) is 11.2. The van der Waals surface area contributed by atoms with Crippen LogP contribution in [0.2, 0.25) is 0 Å². The highest BCUT2D eigenvalue weighted by atomic mass is 16.1. The summed E-state index contributed by atoms with van der Waals surface area (Å²) in [5.41, 5.74) is 1.83. The summed E-state index contributed by atoms with van der Waals surface area (Å²) in [7, 11) is 0. The van der Waals surface area contributed by atoms with Crippen LogP contribution < -0.4 is 5.56 Å². The van der Waals surface area contributed by atoms with Gasteiger partial charge in [0, 0.05) is 5.92 Å². The number of hydrogen-bond donors (Lipinski definition) is 1. The number of nitrogens with one attached hydrogen (secondary N) is 1. The van der Waals surface area contributed by atoms with Crippen molar-refractivity contribution in [1.82, 2.24) is 19.8 Å². The molecule has 0 fully saturated rings. The first-order chi connectivity index (χ1) is 7.50. The standard InChI is InChI=1S/C11H14N4O/c1-6(2)8-5-9-11(16)13-12-10(7(3)4)15(9)14-8/h5,7H,1H2,2-4H3,(H,13,16). The van der Waals surface area contributed by atoms with Crippen LogP contribution in [-0.4, -0.2) is 19.8 Å². The molecule has 2 aromatic heterocycles. The fourth-order valence-corrected chi connectivity index (χ4v) is 1.51. The maximum absolute atomic E-state index is 11.6. The van der Waals surface area contributed by atoms with Crippen LogP contribution in [0.5, 0.6) is 0 Å². The van der Waals surface area contributed by atoms with Gasteiger partial charge in [-0.1, -0.05) is 20.4 Å². The SMILES string of the molecule is C=C(C)c1cc2c(=O)[nH]nc(C(C)C)n2n1. The molecule has 1 N–H and O–H groups in total. The van der Waals surface area contributed by atoms with E-state index in [4.69, 9.17) is 0 Å². The van der Waals surface area contributed by atoms with Crippen LogP contribution in [0.4, 0.5) is 0 Å². The first-order valence-electron chi connectivity index (χ1n) is 5.15. The van der Waals surface area contributed by atoms with Crippen molar-refractivity contribution in [3.05, 3.63) is 34.5 Å². The van der Waals surface area contributed by atoms with Crippen LogP contribution >= 0.6 is 0 Å². The van der Waals surface area contributed by atoms with Gasteiger partial charge in [0.25, 0.3) is 5.56 Å². The molecule has 0 radical (unpaired) electrons. The van der Waals surface area contributed by atoms with Gasteiger partial charge in [0.1, 0.15) is 5.52 Å². The summed E-state index contributed by atoms with van der Waals surface area (Å²) in [5, 5.41) is 10.8. The average Bonchev–Trinajstić information content (AvgIpc) is 2.62. The Balaban J connectivity index is 2.83. The van der Waals surface area contributed by atoms with Crippen molar-refractivity contribution in [2.45, 2.75) is 26.7 Å². The minimum absolute atomic E-state index is 0.192. The van der Waals surface area contributed by atoms with E-state index in [1.807, 2.05) is 20.8 Å². The van der Waals surface area contributed by atoms with E-state index in [9.17, 15) is 4.79 Å². The lowest BCUT2D eigenvalue weighted by Gasteiger charge is -2.04. The van der Waals surface area contributed by atoms with Crippen LogP contribution in [0.25, 0.3) is 11.1 Å². The van der Waals surface area contributed by atoms with E-state index >= 15 is 0 Å².